The molecule has 1 aromatic carbocycles. The van der Waals surface area contributed by atoms with Gasteiger partial charge >= 0.3 is 6.09 Å². The van der Waals surface area contributed by atoms with Crippen LogP contribution in [0.3, 0.4) is 0 Å². The standard InChI is InChI=1S/C25H39N3O4S/c1-10-13-28(22(30)19(15-33)26-23(31)32-25(7,8)9)20(21(29)27-24(4,5)6)18-12-11-16(2)14-17(18)3/h10-12,14,19-20,33H,1,13,15H2,2-9H3,(H,26,31)(H,27,29). The number of alkyl carbamates (subject to hydrolysis) is 1. The third-order valence-corrected chi connectivity index (χ3v) is 4.92. The summed E-state index contributed by atoms with van der Waals surface area (Å²) < 4.78 is 5.30. The summed E-state index contributed by atoms with van der Waals surface area (Å²) in [5, 5.41) is 5.57. The molecule has 0 aliphatic carbocycles. The van der Waals surface area contributed by atoms with Gasteiger partial charge in [0.1, 0.15) is 17.7 Å². The summed E-state index contributed by atoms with van der Waals surface area (Å²) >= 11 is 4.27. The van der Waals surface area contributed by atoms with Crippen LogP contribution in [0.1, 0.15) is 64.3 Å². The van der Waals surface area contributed by atoms with Crippen molar-refractivity contribution in [3.63, 3.8) is 0 Å². The Balaban J connectivity index is 3.44. The van der Waals surface area contributed by atoms with Crippen molar-refractivity contribution in [3.05, 3.63) is 47.5 Å². The lowest BCUT2D eigenvalue weighted by molar-refractivity contribution is -0.142. The molecule has 184 valence electrons. The average Bonchev–Trinajstić information content (AvgIpc) is 2.63. The van der Waals surface area contributed by atoms with E-state index in [4.69, 9.17) is 4.74 Å². The number of carbonyl (C=O) groups is 3. The van der Waals surface area contributed by atoms with Crippen molar-refractivity contribution in [1.82, 2.24) is 15.5 Å². The zero-order valence-electron chi connectivity index (χ0n) is 21.1. The molecule has 0 fully saturated rings. The van der Waals surface area contributed by atoms with Crippen LogP contribution in [-0.4, -0.2) is 52.3 Å². The minimum absolute atomic E-state index is 0.0339. The summed E-state index contributed by atoms with van der Waals surface area (Å²) in [4.78, 5) is 40.8. The third kappa shape index (κ3) is 9.12. The van der Waals surface area contributed by atoms with Crippen LogP contribution in [0, 0.1) is 13.8 Å². The number of nitrogens with zero attached hydrogens (tertiary/aromatic N) is 1. The molecule has 1 aromatic rings. The van der Waals surface area contributed by atoms with E-state index >= 15 is 0 Å². The Morgan fingerprint density at radius 2 is 1.76 bits per heavy atom. The van der Waals surface area contributed by atoms with Gasteiger partial charge in [-0.15, -0.1) is 6.58 Å². The topological polar surface area (TPSA) is 87.7 Å². The second-order valence-corrected chi connectivity index (χ2v) is 10.5. The van der Waals surface area contributed by atoms with Crippen LogP contribution in [0.2, 0.25) is 0 Å². The molecule has 8 heteroatoms. The van der Waals surface area contributed by atoms with Crippen LogP contribution in [0.25, 0.3) is 0 Å². The highest BCUT2D eigenvalue weighted by molar-refractivity contribution is 7.80. The first-order chi connectivity index (χ1) is 15.1. The number of benzene rings is 1. The van der Waals surface area contributed by atoms with Crippen molar-refractivity contribution >= 4 is 30.5 Å². The molecule has 7 nitrogen and oxygen atoms in total. The van der Waals surface area contributed by atoms with Crippen molar-refractivity contribution in [2.75, 3.05) is 12.3 Å². The van der Waals surface area contributed by atoms with Crippen LogP contribution < -0.4 is 10.6 Å². The summed E-state index contributed by atoms with van der Waals surface area (Å²) in [6.45, 7) is 18.6. The van der Waals surface area contributed by atoms with Gasteiger partial charge in [0.15, 0.2) is 0 Å². The summed E-state index contributed by atoms with van der Waals surface area (Å²) in [7, 11) is 0. The maximum Gasteiger partial charge on any atom is 0.408 e. The van der Waals surface area contributed by atoms with E-state index in [1.54, 1.807) is 26.8 Å². The molecule has 0 aliphatic rings. The van der Waals surface area contributed by atoms with E-state index in [0.29, 0.717) is 5.56 Å². The maximum absolute atomic E-state index is 13.6. The second kappa shape index (κ2) is 11.6. The normalized spacial score (nSPS) is 13.5. The zero-order chi connectivity index (χ0) is 25.6. The molecular formula is C25H39N3O4S. The molecule has 0 radical (unpaired) electrons. The Morgan fingerprint density at radius 3 is 2.21 bits per heavy atom. The van der Waals surface area contributed by atoms with Gasteiger partial charge in [-0.3, -0.25) is 9.59 Å². The molecule has 0 spiro atoms. The van der Waals surface area contributed by atoms with Gasteiger partial charge in [-0.05, 0) is 66.5 Å². The minimum Gasteiger partial charge on any atom is -0.444 e. The summed E-state index contributed by atoms with van der Waals surface area (Å²) in [6, 6.07) is 3.83. The third-order valence-electron chi connectivity index (χ3n) is 4.56. The fourth-order valence-corrected chi connectivity index (χ4v) is 3.57. The maximum atomic E-state index is 13.6. The quantitative estimate of drug-likeness (QED) is 0.389. The SMILES string of the molecule is C=CCN(C(=O)C(CS)NC(=O)OC(C)(C)C)C(C(=O)NC(C)(C)C)c1ccc(C)cc1C. The highest BCUT2D eigenvalue weighted by Gasteiger charge is 2.37. The Hall–Kier alpha value is -2.48. The number of thiol groups is 1. The largest absolute Gasteiger partial charge is 0.444 e. The Morgan fingerprint density at radius 1 is 1.15 bits per heavy atom. The molecule has 0 heterocycles. The molecule has 2 atom stereocenters. The fourth-order valence-electron chi connectivity index (χ4n) is 3.32. The average molecular weight is 478 g/mol. The molecule has 0 saturated carbocycles. The van der Waals surface area contributed by atoms with Gasteiger partial charge in [0.05, 0.1) is 0 Å². The van der Waals surface area contributed by atoms with Crippen LogP contribution in [-0.2, 0) is 14.3 Å². The van der Waals surface area contributed by atoms with E-state index in [-0.39, 0.29) is 18.2 Å². The van der Waals surface area contributed by atoms with Gasteiger partial charge in [0.2, 0.25) is 11.8 Å². The number of amides is 3. The molecule has 1 rings (SSSR count). The number of ether oxygens (including phenoxy) is 1. The molecule has 0 aliphatic heterocycles. The lowest BCUT2D eigenvalue weighted by atomic mass is 9.95. The lowest BCUT2D eigenvalue weighted by Gasteiger charge is -2.35. The van der Waals surface area contributed by atoms with E-state index < -0.39 is 35.2 Å². The molecule has 2 N–H and O–H groups in total. The van der Waals surface area contributed by atoms with Crippen molar-refractivity contribution in [2.45, 2.75) is 78.6 Å². The predicted octanol–water partition coefficient (Wildman–Crippen LogP) is 4.10. The van der Waals surface area contributed by atoms with Gasteiger partial charge in [0.25, 0.3) is 0 Å². The molecule has 0 aromatic heterocycles. The van der Waals surface area contributed by atoms with E-state index in [9.17, 15) is 14.4 Å². The Bertz CT molecular complexity index is 871. The highest BCUT2D eigenvalue weighted by atomic mass is 32.1. The predicted molar refractivity (Wildman–Crippen MR) is 135 cm³/mol. The molecule has 3 amide bonds. The number of aryl methyl sites for hydroxylation is 2. The Kier molecular flexibility index (Phi) is 10.0. The van der Waals surface area contributed by atoms with Gasteiger partial charge < -0.3 is 20.3 Å². The summed E-state index contributed by atoms with van der Waals surface area (Å²) in [6.07, 6.45) is 0.831. The first-order valence-corrected chi connectivity index (χ1v) is 11.6. The fraction of sp³-hybridized carbons (Fsp3) is 0.560. The molecule has 2 unspecified atom stereocenters. The van der Waals surface area contributed by atoms with Gasteiger partial charge in [-0.25, -0.2) is 4.79 Å². The lowest BCUT2D eigenvalue weighted by Crippen LogP contribution is -2.55. The van der Waals surface area contributed by atoms with Crippen molar-refractivity contribution in [2.24, 2.45) is 0 Å². The van der Waals surface area contributed by atoms with Crippen molar-refractivity contribution in [3.8, 4) is 0 Å². The summed E-state index contributed by atoms with van der Waals surface area (Å²) in [5.74, 6) is -0.740. The van der Waals surface area contributed by atoms with E-state index in [2.05, 4.69) is 29.8 Å². The monoisotopic (exact) mass is 477 g/mol. The minimum atomic E-state index is -0.987. The molecule has 0 bridgehead atoms. The summed E-state index contributed by atoms with van der Waals surface area (Å²) in [5.41, 5.74) is 1.41. The first-order valence-electron chi connectivity index (χ1n) is 11.0. The first kappa shape index (κ1) is 28.6. The van der Waals surface area contributed by atoms with Gasteiger partial charge in [0, 0.05) is 17.8 Å². The molecule has 33 heavy (non-hydrogen) atoms. The number of carbonyl (C=O) groups excluding carboxylic acids is 3. The Labute approximate surface area is 203 Å². The van der Waals surface area contributed by atoms with E-state index in [1.807, 2.05) is 52.8 Å². The molecular weight excluding hydrogens is 438 g/mol. The van der Waals surface area contributed by atoms with Crippen LogP contribution in [0.4, 0.5) is 4.79 Å². The van der Waals surface area contributed by atoms with E-state index in [0.717, 1.165) is 11.1 Å². The number of hydrogen-bond acceptors (Lipinski definition) is 5. The van der Waals surface area contributed by atoms with E-state index in [1.165, 1.54) is 4.90 Å². The molecule has 0 saturated heterocycles. The van der Waals surface area contributed by atoms with Crippen LogP contribution >= 0.6 is 12.6 Å². The van der Waals surface area contributed by atoms with Gasteiger partial charge in [-0.2, -0.15) is 12.6 Å². The number of hydrogen-bond donors (Lipinski definition) is 3. The second-order valence-electron chi connectivity index (χ2n) is 10.2. The smallest absolute Gasteiger partial charge is 0.408 e. The number of rotatable bonds is 8. The van der Waals surface area contributed by atoms with Crippen LogP contribution in [0.5, 0.6) is 0 Å². The van der Waals surface area contributed by atoms with Gasteiger partial charge in [-0.1, -0.05) is 29.8 Å². The zero-order valence-corrected chi connectivity index (χ0v) is 22.0. The van der Waals surface area contributed by atoms with Crippen molar-refractivity contribution in [1.29, 1.82) is 0 Å². The van der Waals surface area contributed by atoms with Crippen molar-refractivity contribution < 1.29 is 19.1 Å². The van der Waals surface area contributed by atoms with Crippen LogP contribution in [0.15, 0.2) is 30.9 Å². The number of nitrogens with one attached hydrogen (secondary N) is 2. The highest BCUT2D eigenvalue weighted by Crippen LogP contribution is 2.27.